The van der Waals surface area contributed by atoms with E-state index in [9.17, 15) is 0 Å². The summed E-state index contributed by atoms with van der Waals surface area (Å²) in [6, 6.07) is 0. The van der Waals surface area contributed by atoms with Crippen LogP contribution >= 0.6 is 0 Å². The molecule has 0 aromatic rings. The van der Waals surface area contributed by atoms with Gasteiger partial charge in [0.15, 0.2) is 8.32 Å². The minimum Gasteiger partial charge on any atom is -0.408 e. The minimum absolute atomic E-state index is 0.210. The van der Waals surface area contributed by atoms with Crippen LogP contribution in [0, 0.1) is 11.8 Å². The van der Waals surface area contributed by atoms with Gasteiger partial charge in [-0.3, -0.25) is 0 Å². The molecule has 0 radical (unpaired) electrons. The van der Waals surface area contributed by atoms with Gasteiger partial charge < -0.3 is 4.43 Å². The molecule has 140 valence electrons. The molecule has 0 aromatic heterocycles. The molecule has 2 atom stereocenters. The standard InChI is InChI=1S/C22H42OSi/c1-11-13-15-20(19(3)4)16-18-22(8,17-14-12-2)23-24(9,10)21(5,6)7/h11-12,16,18-20H,1-2,13-15,17H2,3-10H3/t20-,22-/m1/s1. The van der Waals surface area contributed by atoms with E-state index in [2.05, 4.69) is 79.9 Å². The Hall–Kier alpha value is -0.603. The van der Waals surface area contributed by atoms with Gasteiger partial charge in [0.1, 0.15) is 0 Å². The molecule has 0 spiro atoms. The van der Waals surface area contributed by atoms with Gasteiger partial charge in [0.25, 0.3) is 0 Å². The molecule has 0 fully saturated rings. The second-order valence-electron chi connectivity index (χ2n) is 9.14. The van der Waals surface area contributed by atoms with E-state index in [1.807, 2.05) is 12.2 Å². The molecule has 0 aromatic carbocycles. The van der Waals surface area contributed by atoms with Crippen molar-refractivity contribution in [3.63, 3.8) is 0 Å². The molecule has 0 N–H and O–H groups in total. The Balaban J connectivity index is 5.38. The fraction of sp³-hybridized carbons (Fsp3) is 0.727. The van der Waals surface area contributed by atoms with Crippen LogP contribution in [0.1, 0.15) is 67.2 Å². The maximum atomic E-state index is 6.81. The van der Waals surface area contributed by atoms with E-state index in [0.29, 0.717) is 11.8 Å². The van der Waals surface area contributed by atoms with Crippen LogP contribution in [0.25, 0.3) is 0 Å². The number of allylic oxidation sites excluding steroid dienone is 3. The van der Waals surface area contributed by atoms with Crippen molar-refractivity contribution >= 4 is 8.32 Å². The maximum Gasteiger partial charge on any atom is 0.193 e. The SMILES string of the molecule is C=CCC[C@H](C=C[C@@](C)(CCC=C)O[Si](C)(C)C(C)(C)C)C(C)C. The van der Waals surface area contributed by atoms with E-state index in [1.54, 1.807) is 0 Å². The van der Waals surface area contributed by atoms with Crippen LogP contribution in [0.15, 0.2) is 37.5 Å². The highest BCUT2D eigenvalue weighted by atomic mass is 28.4. The first-order valence-electron chi connectivity index (χ1n) is 9.50. The third-order valence-corrected chi connectivity index (χ3v) is 9.98. The summed E-state index contributed by atoms with van der Waals surface area (Å²) in [4.78, 5) is 0. The van der Waals surface area contributed by atoms with Crippen molar-refractivity contribution in [2.45, 2.75) is 91.0 Å². The summed E-state index contributed by atoms with van der Waals surface area (Å²) in [7, 11) is -1.82. The molecule has 1 nitrogen and oxygen atoms in total. The van der Waals surface area contributed by atoms with Gasteiger partial charge in [-0.2, -0.15) is 0 Å². The monoisotopic (exact) mass is 350 g/mol. The van der Waals surface area contributed by atoms with Crippen LogP contribution in [0.5, 0.6) is 0 Å². The Kier molecular flexibility index (Phi) is 9.52. The second-order valence-corrected chi connectivity index (χ2v) is 13.9. The maximum absolute atomic E-state index is 6.81. The molecule has 2 heteroatoms. The van der Waals surface area contributed by atoms with E-state index in [-0.39, 0.29) is 10.6 Å². The van der Waals surface area contributed by atoms with Crippen molar-refractivity contribution in [3.8, 4) is 0 Å². The first-order chi connectivity index (χ1) is 10.9. The van der Waals surface area contributed by atoms with Gasteiger partial charge >= 0.3 is 0 Å². The predicted octanol–water partition coefficient (Wildman–Crippen LogP) is 7.53. The highest BCUT2D eigenvalue weighted by Gasteiger charge is 2.41. The quantitative estimate of drug-likeness (QED) is 0.276. The molecule has 0 saturated heterocycles. The topological polar surface area (TPSA) is 9.23 Å². The largest absolute Gasteiger partial charge is 0.408 e. The predicted molar refractivity (Wildman–Crippen MR) is 113 cm³/mol. The van der Waals surface area contributed by atoms with Crippen molar-refractivity contribution in [2.75, 3.05) is 0 Å². The summed E-state index contributed by atoms with van der Waals surface area (Å²) in [5.41, 5.74) is -0.210. The van der Waals surface area contributed by atoms with Crippen molar-refractivity contribution in [2.24, 2.45) is 11.8 Å². The summed E-state index contributed by atoms with van der Waals surface area (Å²) in [6.45, 7) is 26.2. The molecule has 0 heterocycles. The van der Waals surface area contributed by atoms with Crippen molar-refractivity contribution in [3.05, 3.63) is 37.5 Å². The van der Waals surface area contributed by atoms with Crippen LogP contribution in [0.4, 0.5) is 0 Å². The Morgan fingerprint density at radius 2 is 1.54 bits per heavy atom. The normalized spacial score (nSPS) is 17.0. The van der Waals surface area contributed by atoms with Gasteiger partial charge in [0.2, 0.25) is 0 Å². The first-order valence-corrected chi connectivity index (χ1v) is 12.4. The average molecular weight is 351 g/mol. The second kappa shape index (κ2) is 9.77. The van der Waals surface area contributed by atoms with E-state index in [4.69, 9.17) is 4.43 Å². The van der Waals surface area contributed by atoms with Crippen LogP contribution in [0.3, 0.4) is 0 Å². The summed E-state index contributed by atoms with van der Waals surface area (Å²) in [6.07, 6.45) is 13.0. The van der Waals surface area contributed by atoms with Gasteiger partial charge in [-0.25, -0.2) is 0 Å². The van der Waals surface area contributed by atoms with Crippen LogP contribution in [0.2, 0.25) is 18.1 Å². The summed E-state index contributed by atoms with van der Waals surface area (Å²) < 4.78 is 6.81. The number of rotatable bonds is 11. The van der Waals surface area contributed by atoms with Crippen LogP contribution in [-0.4, -0.2) is 13.9 Å². The Morgan fingerprint density at radius 3 is 1.96 bits per heavy atom. The molecule has 24 heavy (non-hydrogen) atoms. The lowest BCUT2D eigenvalue weighted by Crippen LogP contribution is -2.48. The number of hydrogen-bond acceptors (Lipinski definition) is 1. The zero-order valence-electron chi connectivity index (χ0n) is 17.6. The first kappa shape index (κ1) is 23.4. The van der Waals surface area contributed by atoms with Gasteiger partial charge in [0.05, 0.1) is 5.60 Å². The molecular weight excluding hydrogens is 308 g/mol. The van der Waals surface area contributed by atoms with Gasteiger partial charge in [0, 0.05) is 0 Å². The highest BCUT2D eigenvalue weighted by molar-refractivity contribution is 6.74. The van der Waals surface area contributed by atoms with E-state index in [0.717, 1.165) is 25.7 Å². The third kappa shape index (κ3) is 7.98. The van der Waals surface area contributed by atoms with Gasteiger partial charge in [-0.1, -0.05) is 58.9 Å². The molecular formula is C22H42OSi. The van der Waals surface area contributed by atoms with Gasteiger partial charge in [-0.05, 0) is 62.6 Å². The Morgan fingerprint density at radius 1 is 1.00 bits per heavy atom. The zero-order chi connectivity index (χ0) is 19.0. The smallest absolute Gasteiger partial charge is 0.193 e. The number of hydrogen-bond donors (Lipinski definition) is 0. The van der Waals surface area contributed by atoms with Gasteiger partial charge in [-0.15, -0.1) is 13.2 Å². The Labute approximate surface area is 153 Å². The highest BCUT2D eigenvalue weighted by Crippen LogP contribution is 2.40. The molecule has 0 aliphatic heterocycles. The summed E-state index contributed by atoms with van der Waals surface area (Å²) in [5, 5.41) is 0.219. The summed E-state index contributed by atoms with van der Waals surface area (Å²) in [5.74, 6) is 1.21. The van der Waals surface area contributed by atoms with E-state index >= 15 is 0 Å². The van der Waals surface area contributed by atoms with Crippen molar-refractivity contribution in [1.82, 2.24) is 0 Å². The molecule has 0 aliphatic rings. The molecule has 0 rings (SSSR count). The molecule has 0 unspecified atom stereocenters. The molecule has 0 aliphatic carbocycles. The summed E-state index contributed by atoms with van der Waals surface area (Å²) >= 11 is 0. The third-order valence-electron chi connectivity index (χ3n) is 5.40. The average Bonchev–Trinajstić information content (AvgIpc) is 2.43. The zero-order valence-corrected chi connectivity index (χ0v) is 18.6. The lowest BCUT2D eigenvalue weighted by molar-refractivity contribution is 0.112. The fourth-order valence-corrected chi connectivity index (χ4v) is 4.22. The lowest BCUT2D eigenvalue weighted by atomic mass is 9.88. The van der Waals surface area contributed by atoms with Crippen LogP contribution in [-0.2, 0) is 4.43 Å². The van der Waals surface area contributed by atoms with Crippen molar-refractivity contribution in [1.29, 1.82) is 0 Å². The van der Waals surface area contributed by atoms with Crippen LogP contribution < -0.4 is 0 Å². The molecule has 0 amide bonds. The van der Waals surface area contributed by atoms with E-state index in [1.165, 1.54) is 0 Å². The van der Waals surface area contributed by atoms with E-state index < -0.39 is 8.32 Å². The lowest BCUT2D eigenvalue weighted by Gasteiger charge is -2.43. The van der Waals surface area contributed by atoms with Crippen molar-refractivity contribution < 1.29 is 4.43 Å². The molecule has 0 bridgehead atoms. The Bertz CT molecular complexity index is 414. The minimum atomic E-state index is -1.82. The fourth-order valence-electron chi connectivity index (χ4n) is 2.58. The molecule has 0 saturated carbocycles.